The number of likely N-dealkylation sites (tertiary alicyclic amines) is 1. The monoisotopic (exact) mass is 1610 g/mol. The molecule has 4 N–H and O–H groups in total. The molecule has 0 spiro atoms. The Morgan fingerprint density at radius 2 is 1.14 bits per heavy atom. The molecular weight excluding hydrogens is 1520 g/mol. The number of hydrogen-bond donors (Lipinski definition) is 4. The molecule has 1 amide bonds. The number of H-pyrrole nitrogens is 3. The lowest BCUT2D eigenvalue weighted by Gasteiger charge is -2.43. The SMILES string of the molecule is COC(=O)c1ccc(-c2cc3c(-c4ccc(OC5CCOCC5)c(C#N)c4)ccnc3[nH]2)cc1.COc1cc(-c2cc3c(-c4ccc(OC5CCOCC5)c(C#N)c4)c(F)ccc3[nH]2)ccc1N1CCOCC1.N#Cc1cc(-c2cccc3[nH]c(-c4ccc(N5CCN(C6COC6)CC5)cc4)cc23)ncc1OC1CCN(C(=O)CO)CC1(F)F. The third kappa shape index (κ3) is 17.6. The van der Waals surface area contributed by atoms with Gasteiger partial charge in [0, 0.05) is 151 Å². The van der Waals surface area contributed by atoms with Gasteiger partial charge in [-0.1, -0.05) is 54.6 Å². The van der Waals surface area contributed by atoms with E-state index in [0.29, 0.717) is 90.7 Å². The number of rotatable bonds is 18. The Kier molecular flexibility index (Phi) is 24.2. The zero-order valence-corrected chi connectivity index (χ0v) is 65.7. The van der Waals surface area contributed by atoms with Crippen molar-refractivity contribution in [1.29, 1.82) is 15.8 Å². The first-order valence-electron chi connectivity index (χ1n) is 39.8. The second-order valence-electron chi connectivity index (χ2n) is 29.9. The van der Waals surface area contributed by atoms with Crippen molar-refractivity contribution in [3.8, 4) is 108 Å². The Hall–Kier alpha value is -12.8. The number of carbonyl (C=O) groups is 2. The van der Waals surface area contributed by atoms with Crippen LogP contribution in [-0.2, 0) is 28.5 Å². The van der Waals surface area contributed by atoms with Crippen LogP contribution in [0, 0.1) is 39.8 Å². The Labute approximate surface area is 684 Å². The first-order chi connectivity index (χ1) is 58.1. The summed E-state index contributed by atoms with van der Waals surface area (Å²) in [6.07, 6.45) is 4.66. The highest BCUT2D eigenvalue weighted by atomic mass is 19.3. The lowest BCUT2D eigenvalue weighted by molar-refractivity contribution is -0.161. The summed E-state index contributed by atoms with van der Waals surface area (Å²) in [6, 6.07) is 58.5. The number of pyridine rings is 2. The van der Waals surface area contributed by atoms with E-state index in [0.717, 1.165) is 178 Å². The number of aliphatic hydroxyl groups excluding tert-OH is 1. The molecule has 6 saturated heterocycles. The van der Waals surface area contributed by atoms with Crippen LogP contribution < -0.4 is 28.7 Å². The van der Waals surface area contributed by atoms with Gasteiger partial charge in [0.2, 0.25) is 5.91 Å². The van der Waals surface area contributed by atoms with Gasteiger partial charge in [0.1, 0.15) is 65.7 Å². The van der Waals surface area contributed by atoms with Gasteiger partial charge in [0.15, 0.2) is 11.9 Å². The number of hydrogen-bond acceptors (Lipinski definition) is 20. The number of nitrogens with one attached hydrogen (secondary N) is 3. The minimum atomic E-state index is -3.36. The second-order valence-corrected chi connectivity index (χ2v) is 29.9. The summed E-state index contributed by atoms with van der Waals surface area (Å²) >= 11 is 0. The largest absolute Gasteiger partial charge is 0.495 e. The van der Waals surface area contributed by atoms with Gasteiger partial charge in [-0.25, -0.2) is 22.9 Å². The minimum absolute atomic E-state index is 0.00993. The molecule has 0 saturated carbocycles. The predicted octanol–water partition coefficient (Wildman–Crippen LogP) is 14.9. The highest BCUT2D eigenvalue weighted by Crippen LogP contribution is 2.42. The number of esters is 1. The number of amides is 1. The number of morpholine rings is 1. The Bertz CT molecular complexity index is 5810. The normalized spacial score (nSPS) is 17.2. The molecule has 6 fully saturated rings. The fourth-order valence-electron chi connectivity index (χ4n) is 16.1. The van der Waals surface area contributed by atoms with Crippen molar-refractivity contribution in [2.45, 2.75) is 62.4 Å². The Morgan fingerprint density at radius 1 is 0.546 bits per heavy atom. The fraction of sp³-hybridized carbons (Fsp3) is 0.315. The van der Waals surface area contributed by atoms with Crippen molar-refractivity contribution in [2.24, 2.45) is 0 Å². The van der Waals surface area contributed by atoms with E-state index in [1.54, 1.807) is 49.7 Å². The van der Waals surface area contributed by atoms with Crippen LogP contribution in [0.25, 0.3) is 100 Å². The van der Waals surface area contributed by atoms with Gasteiger partial charge in [0.05, 0.1) is 119 Å². The quantitative estimate of drug-likeness (QED) is 0.0580. The average molecular weight is 1610 g/mol. The number of aliphatic hydroxyl groups is 1. The van der Waals surface area contributed by atoms with Gasteiger partial charge < -0.3 is 77.4 Å². The minimum Gasteiger partial charge on any atom is -0.495 e. The third-order valence-corrected chi connectivity index (χ3v) is 22.7. The average Bonchev–Trinajstić information content (AvgIpc) is 1.65. The summed E-state index contributed by atoms with van der Waals surface area (Å²) in [5.41, 5.74) is 16.0. The van der Waals surface area contributed by atoms with Gasteiger partial charge in [-0.2, -0.15) is 15.8 Å². The molecule has 27 heteroatoms. The second kappa shape index (κ2) is 36.0. The maximum absolute atomic E-state index is 15.3. The Morgan fingerprint density at radius 3 is 1.78 bits per heavy atom. The molecule has 0 radical (unpaired) electrons. The van der Waals surface area contributed by atoms with Gasteiger partial charge in [0.25, 0.3) is 0 Å². The van der Waals surface area contributed by atoms with E-state index in [9.17, 15) is 34.2 Å². The fourth-order valence-corrected chi connectivity index (χ4v) is 16.1. The molecule has 119 heavy (non-hydrogen) atoms. The van der Waals surface area contributed by atoms with E-state index in [1.165, 1.54) is 25.1 Å². The van der Waals surface area contributed by atoms with Gasteiger partial charge >= 0.3 is 11.9 Å². The van der Waals surface area contributed by atoms with E-state index in [2.05, 4.69) is 94.2 Å². The van der Waals surface area contributed by atoms with Crippen molar-refractivity contribution >= 4 is 56.1 Å². The van der Waals surface area contributed by atoms with Crippen LogP contribution in [0.15, 0.2) is 176 Å². The number of piperidine rings is 1. The molecular formula is C92H87F3N12O12. The molecule has 6 aliphatic heterocycles. The summed E-state index contributed by atoms with van der Waals surface area (Å²) in [5, 5.41) is 41.1. The molecule has 608 valence electrons. The van der Waals surface area contributed by atoms with E-state index in [1.807, 2.05) is 84.9 Å². The number of nitriles is 3. The summed E-state index contributed by atoms with van der Waals surface area (Å²) < 4.78 is 95.0. The highest BCUT2D eigenvalue weighted by molar-refractivity contribution is 6.01. The zero-order chi connectivity index (χ0) is 82.1. The van der Waals surface area contributed by atoms with Crippen molar-refractivity contribution in [3.63, 3.8) is 0 Å². The van der Waals surface area contributed by atoms with Crippen molar-refractivity contribution in [2.75, 3.05) is 136 Å². The van der Waals surface area contributed by atoms with Crippen LogP contribution in [-0.4, -0.2) is 208 Å². The highest BCUT2D eigenvalue weighted by Gasteiger charge is 2.48. The number of fused-ring (bicyclic) bond motifs is 3. The van der Waals surface area contributed by atoms with E-state index in [4.69, 9.17) is 47.7 Å². The van der Waals surface area contributed by atoms with Gasteiger partial charge in [-0.05, 0) is 137 Å². The number of ether oxygens (including phenoxy) is 9. The summed E-state index contributed by atoms with van der Waals surface area (Å²) in [5.74, 6) is -2.99. The van der Waals surface area contributed by atoms with Gasteiger partial charge in [-0.15, -0.1) is 0 Å². The molecule has 18 rings (SSSR count). The molecule has 7 aromatic carbocycles. The lowest BCUT2D eigenvalue weighted by atomic mass is 9.98. The number of halogens is 3. The molecule has 0 bridgehead atoms. The molecule has 24 nitrogen and oxygen atoms in total. The summed E-state index contributed by atoms with van der Waals surface area (Å²) in [4.78, 5) is 50.8. The number of methoxy groups -OCH3 is 2. The standard InChI is InChI=1S/C34H34F2N6O4.C31H30FN3O4.C27H23N3O4/c35-34(36)21-42(33(44)18-43)9-8-32(34)46-31-17-38-30(14-23(31)16-37)26-2-1-3-28-27(26)15-29(39-28)22-4-6-24(7-5-22)40-10-12-41(13-11-40)25-19-45-20-25;1-36-30-17-20(2-6-28(30)35-10-14-38-15-11-35)27-18-24-26(34-27)5-4-25(32)31(24)21-3-7-29(22(16-21)19-33)39-23-8-12-37-13-9-23;1-32-27(31)18-4-2-17(3-5-18)24-15-23-22(8-11-29-26(23)30-24)19-6-7-25(20(14-19)16-28)34-21-9-12-33-13-10-21/h1-7,14-15,17,25,32,39,43H,8-13,18-21H2;2-7,16-18,23,34H,8-15H2,1H3;2-8,11,14-15,21H,9-10,12-13H2,1H3,(H,29,30). The Balaban J connectivity index is 0.000000135. The lowest BCUT2D eigenvalue weighted by Crippen LogP contribution is -2.56. The maximum atomic E-state index is 15.3. The number of aromatic nitrogens is 5. The third-order valence-electron chi connectivity index (χ3n) is 22.7. The molecule has 1 atom stereocenters. The van der Waals surface area contributed by atoms with E-state index < -0.39 is 31.1 Å². The first kappa shape index (κ1) is 80.0. The van der Waals surface area contributed by atoms with Crippen molar-refractivity contribution in [3.05, 3.63) is 204 Å². The van der Waals surface area contributed by atoms with Crippen LogP contribution in [0.2, 0.25) is 0 Å². The molecule has 0 aliphatic carbocycles. The molecule has 6 aliphatic rings. The molecule has 11 heterocycles. The molecule has 12 aromatic rings. The first-order valence-corrected chi connectivity index (χ1v) is 39.8. The van der Waals surface area contributed by atoms with Crippen molar-refractivity contribution < 1.29 is 70.5 Å². The number of benzene rings is 7. The topological polar surface area (TPSA) is 295 Å². The number of carbonyl (C=O) groups excluding carboxylic acids is 2. The molecule has 1 unspecified atom stereocenters. The summed E-state index contributed by atoms with van der Waals surface area (Å²) in [6.45, 7) is 9.72. The van der Waals surface area contributed by atoms with Crippen LogP contribution in [0.3, 0.4) is 0 Å². The number of alkyl halides is 2. The molecule has 5 aromatic heterocycles. The van der Waals surface area contributed by atoms with Crippen LogP contribution in [0.4, 0.5) is 24.5 Å². The smallest absolute Gasteiger partial charge is 0.337 e. The maximum Gasteiger partial charge on any atom is 0.337 e. The van der Waals surface area contributed by atoms with Crippen LogP contribution in [0.1, 0.15) is 59.2 Å². The number of aromatic amines is 3. The van der Waals surface area contributed by atoms with Crippen molar-refractivity contribution in [1.82, 2.24) is 34.7 Å². The zero-order valence-electron chi connectivity index (χ0n) is 65.7. The van der Waals surface area contributed by atoms with Gasteiger partial charge in [-0.3, -0.25) is 14.7 Å². The predicted molar refractivity (Wildman–Crippen MR) is 443 cm³/mol. The number of nitrogens with zero attached hydrogens (tertiary/aromatic N) is 9. The van der Waals surface area contributed by atoms with E-state index in [-0.39, 0.29) is 48.3 Å². The van der Waals surface area contributed by atoms with E-state index >= 15 is 4.39 Å². The summed E-state index contributed by atoms with van der Waals surface area (Å²) in [7, 11) is 3.03. The van der Waals surface area contributed by atoms with Crippen LogP contribution in [0.5, 0.6) is 23.0 Å². The number of anilines is 2. The number of piperazine rings is 1. The van der Waals surface area contributed by atoms with Crippen LogP contribution >= 0.6 is 0 Å².